The Labute approximate surface area is 144 Å². The Balaban J connectivity index is 1.96. The number of benzene rings is 1. The summed E-state index contributed by atoms with van der Waals surface area (Å²) in [5, 5.41) is 19.6. The van der Waals surface area contributed by atoms with Crippen LogP contribution in [0.3, 0.4) is 0 Å². The summed E-state index contributed by atoms with van der Waals surface area (Å²) < 4.78 is 0. The van der Waals surface area contributed by atoms with Crippen molar-refractivity contribution in [3.63, 3.8) is 0 Å². The summed E-state index contributed by atoms with van der Waals surface area (Å²) in [6.45, 7) is 11.2. The zero-order valence-electron chi connectivity index (χ0n) is 15.3. The average molecular weight is 331 g/mol. The van der Waals surface area contributed by atoms with Crippen LogP contribution in [-0.2, 0) is 0 Å². The summed E-state index contributed by atoms with van der Waals surface area (Å²) in [6, 6.07) is 7.48. The van der Waals surface area contributed by atoms with Crippen molar-refractivity contribution >= 4 is 17.3 Å². The number of hydrogen-bond acceptors (Lipinski definition) is 4. The van der Waals surface area contributed by atoms with E-state index in [1.807, 2.05) is 63.9 Å². The van der Waals surface area contributed by atoms with Crippen molar-refractivity contribution in [2.24, 2.45) is 16.4 Å². The summed E-state index contributed by atoms with van der Waals surface area (Å²) in [5.41, 5.74) is 2.38. The van der Waals surface area contributed by atoms with Gasteiger partial charge < -0.3 is 10.4 Å². The highest BCUT2D eigenvalue weighted by atomic mass is 16.3. The Bertz CT molecular complexity index is 606. The van der Waals surface area contributed by atoms with E-state index in [0.29, 0.717) is 12.1 Å². The molecule has 0 saturated carbocycles. The van der Waals surface area contributed by atoms with E-state index in [1.54, 1.807) is 0 Å². The van der Waals surface area contributed by atoms with Gasteiger partial charge >= 0.3 is 0 Å². The lowest BCUT2D eigenvalue weighted by molar-refractivity contribution is 0.0138. The smallest absolute Gasteiger partial charge is 0.251 e. The molecule has 1 amide bonds. The van der Waals surface area contributed by atoms with Crippen molar-refractivity contribution in [3.05, 3.63) is 29.8 Å². The first kappa shape index (κ1) is 18.5. The Kier molecular flexibility index (Phi) is 5.65. The van der Waals surface area contributed by atoms with Crippen LogP contribution in [0.2, 0.25) is 0 Å². The van der Waals surface area contributed by atoms with Crippen LogP contribution in [0.1, 0.15) is 51.4 Å². The molecule has 1 atom stereocenters. The van der Waals surface area contributed by atoms with Crippen LogP contribution in [0.25, 0.3) is 0 Å². The minimum absolute atomic E-state index is 0.119. The van der Waals surface area contributed by atoms with Crippen LogP contribution < -0.4 is 10.3 Å². The molecule has 0 bridgehead atoms. The maximum absolute atomic E-state index is 12.3. The quantitative estimate of drug-likeness (QED) is 0.842. The third-order valence-corrected chi connectivity index (χ3v) is 4.54. The van der Waals surface area contributed by atoms with Gasteiger partial charge in [0.25, 0.3) is 5.91 Å². The van der Waals surface area contributed by atoms with Gasteiger partial charge in [-0.15, -0.1) is 0 Å². The summed E-state index contributed by atoms with van der Waals surface area (Å²) in [5.74, 6) is 0.0346. The van der Waals surface area contributed by atoms with E-state index in [9.17, 15) is 9.90 Å². The molecule has 1 aliphatic rings. The van der Waals surface area contributed by atoms with E-state index in [0.717, 1.165) is 24.4 Å². The number of hydrogen-bond donors (Lipinski definition) is 2. The van der Waals surface area contributed by atoms with Crippen LogP contribution in [0, 0.1) is 11.3 Å². The number of aliphatic hydroxyl groups excluding tert-OH is 1. The molecule has 1 aliphatic heterocycles. The molecule has 0 fully saturated rings. The van der Waals surface area contributed by atoms with Gasteiger partial charge in [0.05, 0.1) is 11.8 Å². The Morgan fingerprint density at radius 3 is 2.46 bits per heavy atom. The third kappa shape index (κ3) is 4.35. The maximum Gasteiger partial charge on any atom is 0.251 e. The van der Waals surface area contributed by atoms with Gasteiger partial charge in [-0.3, -0.25) is 9.80 Å². The molecule has 2 rings (SSSR count). The molecular formula is C19H29N3O2. The highest BCUT2D eigenvalue weighted by molar-refractivity contribution is 5.94. The van der Waals surface area contributed by atoms with Gasteiger partial charge in [-0.25, -0.2) is 0 Å². The monoisotopic (exact) mass is 331 g/mol. The SMILES string of the molecule is CC1=NN(c2ccc(C(=O)NCC(C)(C)C(O)C(C)C)cc2)CC1. The lowest BCUT2D eigenvalue weighted by Gasteiger charge is -2.33. The van der Waals surface area contributed by atoms with Gasteiger partial charge in [-0.1, -0.05) is 27.7 Å². The molecule has 0 radical (unpaired) electrons. The predicted octanol–water partition coefficient (Wildman–Crippen LogP) is 3.05. The van der Waals surface area contributed by atoms with E-state index in [2.05, 4.69) is 10.4 Å². The lowest BCUT2D eigenvalue weighted by Crippen LogP contribution is -2.43. The molecule has 0 spiro atoms. The van der Waals surface area contributed by atoms with Crippen molar-refractivity contribution in [2.75, 3.05) is 18.1 Å². The fraction of sp³-hybridized carbons (Fsp3) is 0.579. The van der Waals surface area contributed by atoms with Crippen LogP contribution in [0.15, 0.2) is 29.4 Å². The number of amides is 1. The Morgan fingerprint density at radius 1 is 1.33 bits per heavy atom. The predicted molar refractivity (Wildman–Crippen MR) is 98.5 cm³/mol. The summed E-state index contributed by atoms with van der Waals surface area (Å²) in [6.07, 6.45) is 0.520. The first-order chi connectivity index (χ1) is 11.2. The Hall–Kier alpha value is -1.88. The third-order valence-electron chi connectivity index (χ3n) is 4.54. The summed E-state index contributed by atoms with van der Waals surface area (Å²) in [7, 11) is 0. The van der Waals surface area contributed by atoms with E-state index in [4.69, 9.17) is 0 Å². The van der Waals surface area contributed by atoms with E-state index in [-0.39, 0.29) is 17.2 Å². The van der Waals surface area contributed by atoms with Crippen molar-refractivity contribution in [3.8, 4) is 0 Å². The standard InChI is InChI=1S/C19H29N3O2/c1-13(2)17(23)19(4,5)12-20-18(24)15-6-8-16(9-7-15)22-11-10-14(3)21-22/h6-9,13,17,23H,10-12H2,1-5H3,(H,20,24). The molecule has 132 valence electrons. The molecule has 5 heteroatoms. The molecule has 5 nitrogen and oxygen atoms in total. The number of hydrazone groups is 1. The van der Waals surface area contributed by atoms with Crippen LogP contribution >= 0.6 is 0 Å². The van der Waals surface area contributed by atoms with Crippen molar-refractivity contribution in [1.29, 1.82) is 0 Å². The largest absolute Gasteiger partial charge is 0.392 e. The average Bonchev–Trinajstić information content (AvgIpc) is 2.98. The molecule has 0 aromatic heterocycles. The second kappa shape index (κ2) is 7.34. The zero-order chi connectivity index (χ0) is 17.9. The van der Waals surface area contributed by atoms with Gasteiger partial charge in [0.2, 0.25) is 0 Å². The molecule has 0 saturated heterocycles. The molecular weight excluding hydrogens is 302 g/mol. The first-order valence-corrected chi connectivity index (χ1v) is 8.58. The molecule has 2 N–H and O–H groups in total. The number of rotatable bonds is 6. The highest BCUT2D eigenvalue weighted by Gasteiger charge is 2.30. The fourth-order valence-corrected chi connectivity index (χ4v) is 2.96. The fourth-order valence-electron chi connectivity index (χ4n) is 2.96. The molecule has 24 heavy (non-hydrogen) atoms. The summed E-state index contributed by atoms with van der Waals surface area (Å²) in [4.78, 5) is 12.3. The number of carbonyl (C=O) groups is 1. The van der Waals surface area contributed by atoms with Gasteiger partial charge in [0, 0.05) is 36.2 Å². The number of nitrogens with zero attached hydrogens (tertiary/aromatic N) is 2. The minimum Gasteiger partial charge on any atom is -0.392 e. The molecule has 1 aromatic carbocycles. The summed E-state index contributed by atoms with van der Waals surface area (Å²) >= 11 is 0. The lowest BCUT2D eigenvalue weighted by atomic mass is 9.80. The van der Waals surface area contributed by atoms with Gasteiger partial charge in [0.1, 0.15) is 0 Å². The van der Waals surface area contributed by atoms with Gasteiger partial charge in [-0.2, -0.15) is 5.10 Å². The number of nitrogens with one attached hydrogen (secondary N) is 1. The normalized spacial score (nSPS) is 16.3. The molecule has 1 unspecified atom stereocenters. The molecule has 1 heterocycles. The van der Waals surface area contributed by atoms with E-state index in [1.165, 1.54) is 0 Å². The van der Waals surface area contributed by atoms with Crippen LogP contribution in [0.4, 0.5) is 5.69 Å². The number of carbonyl (C=O) groups excluding carboxylic acids is 1. The van der Waals surface area contributed by atoms with Gasteiger partial charge in [-0.05, 0) is 37.1 Å². The second-order valence-corrected chi connectivity index (χ2v) is 7.62. The van der Waals surface area contributed by atoms with Crippen LogP contribution in [-0.4, -0.2) is 35.9 Å². The molecule has 1 aromatic rings. The topological polar surface area (TPSA) is 64.9 Å². The van der Waals surface area contributed by atoms with Crippen molar-refractivity contribution in [1.82, 2.24) is 5.32 Å². The van der Waals surface area contributed by atoms with E-state index < -0.39 is 6.10 Å². The number of anilines is 1. The van der Waals surface area contributed by atoms with Crippen LogP contribution in [0.5, 0.6) is 0 Å². The molecule has 0 aliphatic carbocycles. The Morgan fingerprint density at radius 2 is 1.96 bits per heavy atom. The second-order valence-electron chi connectivity index (χ2n) is 7.62. The zero-order valence-corrected chi connectivity index (χ0v) is 15.3. The highest BCUT2D eigenvalue weighted by Crippen LogP contribution is 2.25. The van der Waals surface area contributed by atoms with Crippen molar-refractivity contribution in [2.45, 2.75) is 47.1 Å². The first-order valence-electron chi connectivity index (χ1n) is 8.58. The number of aliphatic hydroxyl groups is 1. The maximum atomic E-state index is 12.3. The van der Waals surface area contributed by atoms with E-state index >= 15 is 0 Å². The minimum atomic E-state index is -0.462. The van der Waals surface area contributed by atoms with Crippen molar-refractivity contribution < 1.29 is 9.90 Å². The van der Waals surface area contributed by atoms with Gasteiger partial charge in [0.15, 0.2) is 0 Å².